The molecule has 2 amide bonds. The number of halogens is 1. The highest BCUT2D eigenvalue weighted by atomic mass is 79.9. The molecule has 0 fully saturated rings. The van der Waals surface area contributed by atoms with Gasteiger partial charge >= 0.3 is 0 Å². The molecule has 0 aliphatic rings. The highest BCUT2D eigenvalue weighted by Gasteiger charge is 2.14. The molecule has 6 heteroatoms. The van der Waals surface area contributed by atoms with Crippen LogP contribution in [0, 0.1) is 0 Å². The Hall–Kier alpha value is -3.12. The molecule has 0 radical (unpaired) electrons. The summed E-state index contributed by atoms with van der Waals surface area (Å²) in [6.45, 7) is 4.40. The van der Waals surface area contributed by atoms with Crippen molar-refractivity contribution in [3.63, 3.8) is 0 Å². The van der Waals surface area contributed by atoms with E-state index >= 15 is 0 Å². The van der Waals surface area contributed by atoms with Gasteiger partial charge in [-0.05, 0) is 71.7 Å². The summed E-state index contributed by atoms with van der Waals surface area (Å²) >= 11 is 3.45. The molecular formula is C25H25BrN2O3. The molecule has 0 saturated carbocycles. The van der Waals surface area contributed by atoms with Gasteiger partial charge in [0, 0.05) is 30.4 Å². The van der Waals surface area contributed by atoms with Crippen LogP contribution in [0.4, 0.5) is 5.69 Å². The van der Waals surface area contributed by atoms with Crippen LogP contribution in [0.1, 0.15) is 40.1 Å². The number of nitrogens with one attached hydrogen (secondary N) is 1. The first kappa shape index (κ1) is 22.6. The molecule has 31 heavy (non-hydrogen) atoms. The van der Waals surface area contributed by atoms with Crippen molar-refractivity contribution >= 4 is 33.4 Å². The summed E-state index contributed by atoms with van der Waals surface area (Å²) in [6.07, 6.45) is 0.0382. The second-order valence-electron chi connectivity index (χ2n) is 7.49. The minimum absolute atomic E-state index is 0.0382. The van der Waals surface area contributed by atoms with E-state index in [1.165, 1.54) is 0 Å². The molecule has 0 aliphatic carbocycles. The maximum absolute atomic E-state index is 12.8. The number of benzene rings is 3. The second kappa shape index (κ2) is 10.3. The molecule has 0 atom stereocenters. The number of hydrogen-bond donors (Lipinski definition) is 1. The van der Waals surface area contributed by atoms with E-state index in [4.69, 9.17) is 4.74 Å². The first-order chi connectivity index (χ1) is 14.8. The molecule has 1 N–H and O–H groups in total. The Labute approximate surface area is 191 Å². The number of nitrogens with zero attached hydrogens (tertiary/aromatic N) is 1. The maximum atomic E-state index is 12.8. The number of rotatable bonds is 7. The molecule has 3 aromatic rings. The molecular weight excluding hydrogens is 456 g/mol. The van der Waals surface area contributed by atoms with Crippen LogP contribution in [0.3, 0.4) is 0 Å². The van der Waals surface area contributed by atoms with Crippen molar-refractivity contribution in [3.8, 4) is 5.75 Å². The maximum Gasteiger partial charge on any atom is 0.255 e. The first-order valence-corrected chi connectivity index (χ1v) is 10.8. The summed E-state index contributed by atoms with van der Waals surface area (Å²) in [7, 11) is 1.76. The second-order valence-corrected chi connectivity index (χ2v) is 8.35. The zero-order chi connectivity index (χ0) is 22.4. The third-order valence-electron chi connectivity index (χ3n) is 4.53. The number of anilines is 1. The normalized spacial score (nSPS) is 10.6. The number of amides is 2. The lowest BCUT2D eigenvalue weighted by molar-refractivity contribution is 0.0784. The van der Waals surface area contributed by atoms with E-state index in [0.717, 1.165) is 5.56 Å². The van der Waals surface area contributed by atoms with E-state index in [0.29, 0.717) is 33.6 Å². The SMILES string of the molecule is CC(C)Oc1ccc(C(=O)Nc2cccc(C(=O)N(C)Cc3ccccc3)c2)cc1Br. The molecule has 0 aromatic heterocycles. The fourth-order valence-corrected chi connectivity index (χ4v) is 3.55. The van der Waals surface area contributed by atoms with E-state index in [2.05, 4.69) is 21.2 Å². The lowest BCUT2D eigenvalue weighted by Crippen LogP contribution is -2.26. The average molecular weight is 481 g/mol. The Balaban J connectivity index is 1.69. The Morgan fingerprint density at radius 3 is 2.39 bits per heavy atom. The molecule has 0 heterocycles. The van der Waals surface area contributed by atoms with Crippen molar-refractivity contribution in [2.75, 3.05) is 12.4 Å². The number of ether oxygens (including phenoxy) is 1. The van der Waals surface area contributed by atoms with Gasteiger partial charge in [0.2, 0.25) is 0 Å². The summed E-state index contributed by atoms with van der Waals surface area (Å²) in [4.78, 5) is 27.2. The van der Waals surface area contributed by atoms with Gasteiger partial charge in [0.1, 0.15) is 5.75 Å². The largest absolute Gasteiger partial charge is 0.490 e. The van der Waals surface area contributed by atoms with Crippen molar-refractivity contribution in [2.45, 2.75) is 26.5 Å². The molecule has 0 bridgehead atoms. The van der Waals surface area contributed by atoms with Crippen molar-refractivity contribution in [1.82, 2.24) is 4.90 Å². The lowest BCUT2D eigenvalue weighted by Gasteiger charge is -2.18. The van der Waals surface area contributed by atoms with Crippen LogP contribution in [0.2, 0.25) is 0 Å². The smallest absolute Gasteiger partial charge is 0.255 e. The summed E-state index contributed by atoms with van der Waals surface area (Å²) in [5.74, 6) is 0.303. The number of carbonyl (C=O) groups excluding carboxylic acids is 2. The van der Waals surface area contributed by atoms with Crippen LogP contribution in [-0.2, 0) is 6.54 Å². The Kier molecular flexibility index (Phi) is 7.47. The van der Waals surface area contributed by atoms with E-state index in [1.54, 1.807) is 54.4 Å². The fraction of sp³-hybridized carbons (Fsp3) is 0.200. The van der Waals surface area contributed by atoms with Gasteiger partial charge in [-0.25, -0.2) is 0 Å². The van der Waals surface area contributed by atoms with E-state index < -0.39 is 0 Å². The van der Waals surface area contributed by atoms with E-state index in [-0.39, 0.29) is 17.9 Å². The molecule has 0 unspecified atom stereocenters. The quantitative estimate of drug-likeness (QED) is 0.467. The van der Waals surface area contributed by atoms with Crippen molar-refractivity contribution in [1.29, 1.82) is 0 Å². The first-order valence-electron chi connectivity index (χ1n) is 10.0. The van der Waals surface area contributed by atoms with Crippen molar-refractivity contribution in [3.05, 3.63) is 94.0 Å². The fourth-order valence-electron chi connectivity index (χ4n) is 3.07. The Bertz CT molecular complexity index is 1070. The summed E-state index contributed by atoms with van der Waals surface area (Å²) < 4.78 is 6.39. The van der Waals surface area contributed by atoms with Gasteiger partial charge in [0.25, 0.3) is 11.8 Å². The van der Waals surface area contributed by atoms with Crippen LogP contribution in [-0.4, -0.2) is 29.9 Å². The third kappa shape index (κ3) is 6.18. The third-order valence-corrected chi connectivity index (χ3v) is 5.15. The molecule has 3 rings (SSSR count). The van der Waals surface area contributed by atoms with Crippen LogP contribution in [0.15, 0.2) is 77.3 Å². The summed E-state index contributed by atoms with van der Waals surface area (Å²) in [6, 6.07) is 21.9. The van der Waals surface area contributed by atoms with Crippen LogP contribution < -0.4 is 10.1 Å². The van der Waals surface area contributed by atoms with Crippen molar-refractivity contribution in [2.24, 2.45) is 0 Å². The van der Waals surface area contributed by atoms with Crippen LogP contribution >= 0.6 is 15.9 Å². The highest BCUT2D eigenvalue weighted by Crippen LogP contribution is 2.27. The zero-order valence-corrected chi connectivity index (χ0v) is 19.3. The highest BCUT2D eigenvalue weighted by molar-refractivity contribution is 9.10. The monoisotopic (exact) mass is 480 g/mol. The summed E-state index contributed by atoms with van der Waals surface area (Å²) in [5, 5.41) is 2.86. The molecule has 0 aliphatic heterocycles. The van der Waals surface area contributed by atoms with Crippen LogP contribution in [0.25, 0.3) is 0 Å². The number of carbonyl (C=O) groups is 2. The minimum atomic E-state index is -0.265. The Morgan fingerprint density at radius 2 is 1.71 bits per heavy atom. The molecule has 160 valence electrons. The average Bonchev–Trinajstić information content (AvgIpc) is 2.75. The molecule has 0 spiro atoms. The topological polar surface area (TPSA) is 58.6 Å². The predicted octanol–water partition coefficient (Wildman–Crippen LogP) is 5.76. The van der Waals surface area contributed by atoms with Gasteiger partial charge in [-0.2, -0.15) is 0 Å². The van der Waals surface area contributed by atoms with Gasteiger partial charge < -0.3 is 15.0 Å². The molecule has 3 aromatic carbocycles. The van der Waals surface area contributed by atoms with Crippen molar-refractivity contribution < 1.29 is 14.3 Å². The number of hydrogen-bond acceptors (Lipinski definition) is 3. The van der Waals surface area contributed by atoms with Gasteiger partial charge in [0.05, 0.1) is 10.6 Å². The Morgan fingerprint density at radius 1 is 0.968 bits per heavy atom. The van der Waals surface area contributed by atoms with Gasteiger partial charge in [0.15, 0.2) is 0 Å². The zero-order valence-electron chi connectivity index (χ0n) is 17.8. The molecule has 0 saturated heterocycles. The van der Waals surface area contributed by atoms with E-state index in [1.807, 2.05) is 44.2 Å². The lowest BCUT2D eigenvalue weighted by atomic mass is 10.1. The van der Waals surface area contributed by atoms with Gasteiger partial charge in [-0.1, -0.05) is 36.4 Å². The molecule has 5 nitrogen and oxygen atoms in total. The van der Waals surface area contributed by atoms with Crippen LogP contribution in [0.5, 0.6) is 5.75 Å². The van der Waals surface area contributed by atoms with Gasteiger partial charge in [-0.3, -0.25) is 9.59 Å². The minimum Gasteiger partial charge on any atom is -0.490 e. The predicted molar refractivity (Wildman–Crippen MR) is 127 cm³/mol. The van der Waals surface area contributed by atoms with Gasteiger partial charge in [-0.15, -0.1) is 0 Å². The van der Waals surface area contributed by atoms with E-state index in [9.17, 15) is 9.59 Å². The standard InChI is InChI=1S/C25H25BrN2O3/c1-17(2)31-23-13-12-19(15-22(23)26)24(29)27-21-11-7-10-20(14-21)25(30)28(3)16-18-8-5-4-6-9-18/h4-15,17H,16H2,1-3H3,(H,27,29). The summed E-state index contributed by atoms with van der Waals surface area (Å²) in [5.41, 5.74) is 2.61.